The molecule has 1 rings (SSSR count). The van der Waals surface area contributed by atoms with Gasteiger partial charge < -0.3 is 24.6 Å². The summed E-state index contributed by atoms with van der Waals surface area (Å²) >= 11 is 0. The van der Waals surface area contributed by atoms with Crippen LogP contribution >= 0.6 is 0 Å². The van der Waals surface area contributed by atoms with Crippen molar-refractivity contribution >= 4 is 23.8 Å². The first kappa shape index (κ1) is 33.4. The summed E-state index contributed by atoms with van der Waals surface area (Å²) in [5.74, 6) is 2.64. The quantitative estimate of drug-likeness (QED) is 0.0999. The molecule has 3 unspecified atom stereocenters. The number of ether oxygens (including phenoxy) is 3. The molecular weight excluding hydrogens is 490 g/mol. The molecule has 1 amide bonds. The molecule has 1 aliphatic rings. The smallest absolute Gasteiger partial charge is 0.329 e. The van der Waals surface area contributed by atoms with Crippen LogP contribution in [0.5, 0.6) is 0 Å². The number of hydrogen-bond donors (Lipinski definition) is 2. The number of hydrogen-bond acceptors (Lipinski definition) is 8. The van der Waals surface area contributed by atoms with Crippen LogP contribution in [0, 0.1) is 23.7 Å². The van der Waals surface area contributed by atoms with Crippen molar-refractivity contribution in [2.75, 3.05) is 19.8 Å². The summed E-state index contributed by atoms with van der Waals surface area (Å²) in [6.07, 6.45) is 7.76. The highest BCUT2D eigenvalue weighted by molar-refractivity contribution is 5.99. The molecule has 216 valence electrons. The molecule has 0 aromatic rings. The minimum atomic E-state index is -1.15. The second kappa shape index (κ2) is 18.6. The summed E-state index contributed by atoms with van der Waals surface area (Å²) in [7, 11) is 0. The molecule has 0 aliphatic heterocycles. The van der Waals surface area contributed by atoms with E-state index in [2.05, 4.69) is 17.2 Å². The Balaban J connectivity index is 2.78. The van der Waals surface area contributed by atoms with Crippen molar-refractivity contribution in [3.63, 3.8) is 0 Å². The Morgan fingerprint density at radius 2 is 1.55 bits per heavy atom. The first-order valence-electron chi connectivity index (χ1n) is 14.1. The summed E-state index contributed by atoms with van der Waals surface area (Å²) in [6.45, 7) is 7.47. The molecular formula is C29H47NO8. The lowest BCUT2D eigenvalue weighted by molar-refractivity contribution is -0.155. The highest BCUT2D eigenvalue weighted by Crippen LogP contribution is 2.36. The maximum atomic E-state index is 13.2. The van der Waals surface area contributed by atoms with Crippen LogP contribution in [0.2, 0.25) is 0 Å². The fourth-order valence-electron chi connectivity index (χ4n) is 4.65. The van der Waals surface area contributed by atoms with Crippen LogP contribution in [0.15, 0.2) is 0 Å². The van der Waals surface area contributed by atoms with Crippen molar-refractivity contribution in [3.8, 4) is 11.8 Å². The predicted octanol–water partition coefficient (Wildman–Crippen LogP) is 3.84. The van der Waals surface area contributed by atoms with Crippen LogP contribution in [-0.4, -0.2) is 60.4 Å². The van der Waals surface area contributed by atoms with Crippen molar-refractivity contribution in [1.82, 2.24) is 5.32 Å². The maximum absolute atomic E-state index is 13.2. The zero-order chi connectivity index (χ0) is 28.4. The first-order chi connectivity index (χ1) is 18.2. The van der Waals surface area contributed by atoms with Gasteiger partial charge in [-0.25, -0.2) is 4.79 Å². The molecule has 0 aromatic heterocycles. The second-order valence-corrected chi connectivity index (χ2v) is 9.92. The lowest BCUT2D eigenvalue weighted by atomic mass is 9.75. The molecule has 9 heteroatoms. The van der Waals surface area contributed by atoms with E-state index in [0.717, 1.165) is 32.1 Å². The molecule has 0 aromatic carbocycles. The Labute approximate surface area is 227 Å². The molecule has 9 nitrogen and oxygen atoms in total. The molecule has 1 aliphatic carbocycles. The number of nitrogens with one attached hydrogen (secondary N) is 1. The number of carbonyl (C=O) groups is 4. The van der Waals surface area contributed by atoms with E-state index in [-0.39, 0.29) is 44.4 Å². The van der Waals surface area contributed by atoms with Gasteiger partial charge in [-0.15, -0.1) is 11.8 Å². The van der Waals surface area contributed by atoms with Crippen LogP contribution in [0.4, 0.5) is 0 Å². The Kier molecular flexibility index (Phi) is 16.4. The molecule has 1 saturated carbocycles. The van der Waals surface area contributed by atoms with Gasteiger partial charge in [0.05, 0.1) is 25.4 Å². The van der Waals surface area contributed by atoms with Crippen LogP contribution in [0.1, 0.15) is 105 Å². The van der Waals surface area contributed by atoms with Gasteiger partial charge in [0.15, 0.2) is 0 Å². The Bertz CT molecular complexity index is 807. The maximum Gasteiger partial charge on any atom is 0.329 e. The van der Waals surface area contributed by atoms with Crippen molar-refractivity contribution in [1.29, 1.82) is 0 Å². The lowest BCUT2D eigenvalue weighted by Gasteiger charge is -2.36. The molecule has 2 N–H and O–H groups in total. The van der Waals surface area contributed by atoms with Crippen molar-refractivity contribution in [3.05, 3.63) is 0 Å². The van der Waals surface area contributed by atoms with Crippen molar-refractivity contribution < 1.29 is 38.5 Å². The molecule has 38 heavy (non-hydrogen) atoms. The molecule has 3 atom stereocenters. The third kappa shape index (κ3) is 12.8. The molecule has 0 bridgehead atoms. The number of esters is 3. The zero-order valence-corrected chi connectivity index (χ0v) is 23.6. The van der Waals surface area contributed by atoms with Gasteiger partial charge in [0.2, 0.25) is 5.91 Å². The van der Waals surface area contributed by atoms with Crippen LogP contribution in [-0.2, 0) is 33.4 Å². The molecule has 0 heterocycles. The standard InChI is InChI=1S/C29H47NO8/c1-5-36-25(31)19-15-10-8-9-14-18-24(28(34)38-7-3)30-26(32)23(27(33)37-6-2)20-21-29(4,35)22-16-12-11-13-17-22/h22-24,35H,5-8,10-13,15-21H2,1-4H3,(H,30,32). The van der Waals surface area contributed by atoms with Crippen molar-refractivity contribution in [2.24, 2.45) is 11.8 Å². The van der Waals surface area contributed by atoms with Crippen LogP contribution < -0.4 is 5.32 Å². The van der Waals surface area contributed by atoms with E-state index < -0.39 is 35.4 Å². The SMILES string of the molecule is CCOC(=O)CCCCC#CCC(NC(=O)C(CCC(C)(O)C1CCCCC1)C(=O)OCC)C(=O)OCC. The third-order valence-corrected chi connectivity index (χ3v) is 6.87. The van der Waals surface area contributed by atoms with E-state index in [9.17, 15) is 24.3 Å². The molecule has 0 radical (unpaired) electrons. The first-order valence-corrected chi connectivity index (χ1v) is 14.1. The van der Waals surface area contributed by atoms with Gasteiger partial charge in [-0.1, -0.05) is 19.3 Å². The monoisotopic (exact) mass is 537 g/mol. The molecule has 0 spiro atoms. The van der Waals surface area contributed by atoms with E-state index >= 15 is 0 Å². The highest BCUT2D eigenvalue weighted by atomic mass is 16.5. The minimum Gasteiger partial charge on any atom is -0.466 e. The van der Waals surface area contributed by atoms with Gasteiger partial charge in [-0.3, -0.25) is 14.4 Å². The van der Waals surface area contributed by atoms with E-state index in [1.165, 1.54) is 0 Å². The summed E-state index contributed by atoms with van der Waals surface area (Å²) < 4.78 is 15.1. The van der Waals surface area contributed by atoms with Gasteiger partial charge >= 0.3 is 17.9 Å². The van der Waals surface area contributed by atoms with E-state index in [4.69, 9.17) is 14.2 Å². The second-order valence-electron chi connectivity index (χ2n) is 9.92. The summed E-state index contributed by atoms with van der Waals surface area (Å²) in [4.78, 5) is 49.7. The normalized spacial score (nSPS) is 16.7. The topological polar surface area (TPSA) is 128 Å². The summed E-state index contributed by atoms with van der Waals surface area (Å²) in [5.41, 5.74) is -0.995. The predicted molar refractivity (Wildman–Crippen MR) is 143 cm³/mol. The lowest BCUT2D eigenvalue weighted by Crippen LogP contribution is -2.47. The van der Waals surface area contributed by atoms with Gasteiger partial charge in [-0.2, -0.15) is 0 Å². The zero-order valence-electron chi connectivity index (χ0n) is 23.6. The van der Waals surface area contributed by atoms with Gasteiger partial charge in [-0.05, 0) is 72.1 Å². The van der Waals surface area contributed by atoms with Gasteiger partial charge in [0, 0.05) is 19.3 Å². The van der Waals surface area contributed by atoms with Crippen LogP contribution in [0.25, 0.3) is 0 Å². The Morgan fingerprint density at radius 1 is 0.921 bits per heavy atom. The fraction of sp³-hybridized carbons (Fsp3) is 0.793. The summed E-state index contributed by atoms with van der Waals surface area (Å²) in [5, 5.41) is 13.7. The number of rotatable bonds is 16. The van der Waals surface area contributed by atoms with Gasteiger partial charge in [0.1, 0.15) is 12.0 Å². The van der Waals surface area contributed by atoms with Crippen molar-refractivity contribution in [2.45, 2.75) is 116 Å². The third-order valence-electron chi connectivity index (χ3n) is 6.87. The fourth-order valence-corrected chi connectivity index (χ4v) is 4.65. The molecule has 0 saturated heterocycles. The number of carbonyl (C=O) groups excluding carboxylic acids is 4. The average molecular weight is 538 g/mol. The highest BCUT2D eigenvalue weighted by Gasteiger charge is 2.37. The molecule has 1 fully saturated rings. The van der Waals surface area contributed by atoms with Gasteiger partial charge in [0.25, 0.3) is 0 Å². The minimum absolute atomic E-state index is 0.0256. The van der Waals surface area contributed by atoms with E-state index in [1.807, 2.05) is 0 Å². The number of aliphatic hydroxyl groups is 1. The Morgan fingerprint density at radius 3 is 2.18 bits per heavy atom. The largest absolute Gasteiger partial charge is 0.466 e. The van der Waals surface area contributed by atoms with E-state index in [1.54, 1.807) is 27.7 Å². The summed E-state index contributed by atoms with van der Waals surface area (Å²) in [6, 6.07) is -1.04. The van der Waals surface area contributed by atoms with Crippen LogP contribution in [0.3, 0.4) is 0 Å². The number of amides is 1. The number of unbranched alkanes of at least 4 members (excludes halogenated alkanes) is 2. The Hall–Kier alpha value is -2.60. The van der Waals surface area contributed by atoms with E-state index in [0.29, 0.717) is 32.3 Å². The average Bonchev–Trinajstić information content (AvgIpc) is 2.88.